The zero-order chi connectivity index (χ0) is 14.0. The number of halogens is 2. The van der Waals surface area contributed by atoms with Gasteiger partial charge in [-0.3, -0.25) is 0 Å². The van der Waals surface area contributed by atoms with Crippen LogP contribution in [0.25, 0.3) is 0 Å². The Labute approximate surface area is 152 Å². The largest absolute Gasteiger partial charge is 1.00 e. The first-order chi connectivity index (χ1) is 8.90. The number of para-hydroxylation sites is 2. The van der Waals surface area contributed by atoms with Crippen molar-refractivity contribution in [2.24, 2.45) is 5.92 Å². The molecule has 1 heterocycles. The van der Waals surface area contributed by atoms with E-state index in [0.29, 0.717) is 5.92 Å². The molecule has 1 aromatic carbocycles. The van der Waals surface area contributed by atoms with Gasteiger partial charge in [0.1, 0.15) is 0 Å². The number of ether oxygens (including phenoxy) is 1. The Kier molecular flexibility index (Phi) is 6.59. The molecular formula is C15H22I2N2O. The van der Waals surface area contributed by atoms with E-state index in [4.69, 9.17) is 4.74 Å². The van der Waals surface area contributed by atoms with E-state index in [0.717, 1.165) is 32.8 Å². The zero-order valence-electron chi connectivity index (χ0n) is 12.4. The number of benzene rings is 1. The Morgan fingerprint density at radius 3 is 2.50 bits per heavy atom. The zero-order valence-corrected chi connectivity index (χ0v) is 16.8. The molecule has 0 spiro atoms. The predicted octanol–water partition coefficient (Wildman–Crippen LogP) is 0.118. The maximum Gasteiger partial charge on any atom is 0.196 e. The smallest absolute Gasteiger partial charge is 0.196 e. The molecule has 1 aliphatic heterocycles. The van der Waals surface area contributed by atoms with Crippen molar-refractivity contribution >= 4 is 28.3 Å². The van der Waals surface area contributed by atoms with Crippen molar-refractivity contribution < 1.29 is 33.2 Å². The van der Waals surface area contributed by atoms with Gasteiger partial charge < -0.3 is 38.1 Å². The average molecular weight is 500 g/mol. The quantitative estimate of drug-likeness (QED) is 0.331. The second-order valence-electron chi connectivity index (χ2n) is 6.02. The van der Waals surface area contributed by atoms with Crippen LogP contribution in [0, 0.1) is 5.92 Å². The Morgan fingerprint density at radius 2 is 1.95 bits per heavy atom. The molecule has 0 N–H and O–H groups in total. The second-order valence-corrected chi connectivity index (χ2v) is 6.90. The van der Waals surface area contributed by atoms with Crippen LogP contribution in [0.2, 0.25) is 0 Å². The minimum atomic E-state index is 0. The Balaban J connectivity index is 0.00000200. The topological polar surface area (TPSA) is 12.5 Å². The van der Waals surface area contributed by atoms with Gasteiger partial charge in [0, 0.05) is 17.4 Å². The summed E-state index contributed by atoms with van der Waals surface area (Å²) >= 11 is 2.45. The van der Waals surface area contributed by atoms with Gasteiger partial charge in [-0.2, -0.15) is 0 Å². The lowest BCUT2D eigenvalue weighted by molar-refractivity contribution is -0.872. The van der Waals surface area contributed by atoms with E-state index in [9.17, 15) is 0 Å². The maximum absolute atomic E-state index is 5.94. The van der Waals surface area contributed by atoms with Crippen LogP contribution >= 0.6 is 22.6 Å². The molecule has 0 amide bonds. The van der Waals surface area contributed by atoms with Crippen molar-refractivity contribution in [3.8, 4) is 5.75 Å². The first kappa shape index (κ1) is 18.0. The molecule has 3 nitrogen and oxygen atoms in total. The lowest BCUT2D eigenvalue weighted by Gasteiger charge is -2.27. The third-order valence-electron chi connectivity index (χ3n) is 3.13. The summed E-state index contributed by atoms with van der Waals surface area (Å²) in [5.41, 5.74) is 1.14. The first-order valence-electron chi connectivity index (χ1n) is 6.49. The van der Waals surface area contributed by atoms with E-state index in [1.54, 1.807) is 0 Å². The van der Waals surface area contributed by atoms with Crippen LogP contribution in [-0.2, 0) is 0 Å². The van der Waals surface area contributed by atoms with E-state index in [-0.39, 0.29) is 24.0 Å². The van der Waals surface area contributed by atoms with Crippen LogP contribution in [0.4, 0.5) is 5.69 Å². The van der Waals surface area contributed by atoms with Gasteiger partial charge in [-0.15, -0.1) is 0 Å². The third kappa shape index (κ3) is 4.49. The van der Waals surface area contributed by atoms with Gasteiger partial charge in [0.2, 0.25) is 0 Å². The van der Waals surface area contributed by atoms with Crippen LogP contribution in [-0.4, -0.2) is 43.6 Å². The molecule has 5 heteroatoms. The molecule has 0 bridgehead atoms. The van der Waals surface area contributed by atoms with E-state index < -0.39 is 0 Å². The molecule has 1 unspecified atom stereocenters. The van der Waals surface area contributed by atoms with Crippen LogP contribution < -0.4 is 33.6 Å². The van der Waals surface area contributed by atoms with Gasteiger partial charge in [0.15, 0.2) is 11.6 Å². The highest BCUT2D eigenvalue weighted by Crippen LogP contribution is 2.37. The molecule has 20 heavy (non-hydrogen) atoms. The number of fused-ring (bicyclic) bond motifs is 1. The van der Waals surface area contributed by atoms with Crippen molar-refractivity contribution in [3.05, 3.63) is 36.2 Å². The van der Waals surface area contributed by atoms with Crippen molar-refractivity contribution in [2.75, 3.05) is 44.1 Å². The lowest BCUT2D eigenvalue weighted by atomic mass is 10.1. The number of hydrogen-bond donors (Lipinski definition) is 0. The summed E-state index contributed by atoms with van der Waals surface area (Å²) in [6.45, 7) is 1.11. The van der Waals surface area contributed by atoms with Gasteiger partial charge in [0.05, 0.1) is 33.4 Å². The molecule has 1 aromatic rings. The number of nitrogens with zero attached hydrogens (tertiary/aromatic N) is 2. The molecule has 0 fully saturated rings. The van der Waals surface area contributed by atoms with Gasteiger partial charge >= 0.3 is 0 Å². The van der Waals surface area contributed by atoms with Crippen LogP contribution in [0.5, 0.6) is 5.75 Å². The maximum atomic E-state index is 5.94. The summed E-state index contributed by atoms with van der Waals surface area (Å²) in [7, 11) is 8.75. The number of anilines is 1. The SMILES string of the molecule is CN1/C(=C/C(CI)C[N+](C)(C)C)Oc2ccccc21.[I-]. The van der Waals surface area contributed by atoms with Gasteiger partial charge in [-0.25, -0.2) is 0 Å². The Hall–Kier alpha value is -0.0200. The molecule has 0 radical (unpaired) electrons. The molecule has 112 valence electrons. The summed E-state index contributed by atoms with van der Waals surface area (Å²) in [4.78, 5) is 2.13. The van der Waals surface area contributed by atoms with E-state index in [1.165, 1.54) is 0 Å². The predicted molar refractivity (Wildman–Crippen MR) is 88.8 cm³/mol. The van der Waals surface area contributed by atoms with Gasteiger partial charge in [0.25, 0.3) is 0 Å². The summed E-state index contributed by atoms with van der Waals surface area (Å²) in [6, 6.07) is 8.17. The molecule has 0 saturated heterocycles. The standard InChI is InChI=1S/C15H22IN2O.HI/c1-17-13-7-5-6-8-14(13)19-15(17)9-12(10-16)11-18(2,3)4;/h5-9,12H,10-11H2,1-4H3;1H/q+1;/p-1/b15-9-;. The summed E-state index contributed by atoms with van der Waals surface area (Å²) < 4.78 is 8.01. The molecule has 0 aliphatic carbocycles. The van der Waals surface area contributed by atoms with E-state index in [1.807, 2.05) is 18.2 Å². The number of hydrogen-bond acceptors (Lipinski definition) is 2. The second kappa shape index (κ2) is 7.31. The Morgan fingerprint density at radius 1 is 1.30 bits per heavy atom. The normalized spacial score (nSPS) is 17.4. The van der Waals surface area contributed by atoms with Gasteiger partial charge in [-0.05, 0) is 18.2 Å². The van der Waals surface area contributed by atoms with Crippen LogP contribution in [0.3, 0.4) is 0 Å². The van der Waals surface area contributed by atoms with Crippen molar-refractivity contribution in [1.82, 2.24) is 0 Å². The highest BCUT2D eigenvalue weighted by molar-refractivity contribution is 14.1. The minimum Gasteiger partial charge on any atom is -1.00 e. The number of alkyl halides is 1. The molecule has 2 rings (SSSR count). The fourth-order valence-electron chi connectivity index (χ4n) is 2.32. The van der Waals surface area contributed by atoms with Crippen molar-refractivity contribution in [1.29, 1.82) is 0 Å². The fraction of sp³-hybridized carbons (Fsp3) is 0.467. The van der Waals surface area contributed by atoms with Crippen molar-refractivity contribution in [2.45, 2.75) is 0 Å². The Bertz CT molecular complexity index is 483. The molecule has 1 atom stereocenters. The summed E-state index contributed by atoms with van der Waals surface area (Å²) in [5, 5.41) is 0. The average Bonchev–Trinajstić information content (AvgIpc) is 2.64. The highest BCUT2D eigenvalue weighted by Gasteiger charge is 2.24. The first-order valence-corrected chi connectivity index (χ1v) is 8.02. The fourth-order valence-corrected chi connectivity index (χ4v) is 2.85. The van der Waals surface area contributed by atoms with E-state index >= 15 is 0 Å². The minimum absolute atomic E-state index is 0. The third-order valence-corrected chi connectivity index (χ3v) is 4.26. The monoisotopic (exact) mass is 500 g/mol. The van der Waals surface area contributed by atoms with Gasteiger partial charge in [-0.1, -0.05) is 34.7 Å². The van der Waals surface area contributed by atoms with Crippen LogP contribution in [0.1, 0.15) is 0 Å². The van der Waals surface area contributed by atoms with Crippen molar-refractivity contribution in [3.63, 3.8) is 0 Å². The molecular weight excluding hydrogens is 478 g/mol. The highest BCUT2D eigenvalue weighted by atomic mass is 127. The summed E-state index contributed by atoms with van der Waals surface area (Å²) in [5.74, 6) is 2.43. The molecule has 0 saturated carbocycles. The lowest BCUT2D eigenvalue weighted by Crippen LogP contribution is -3.00. The molecule has 1 aliphatic rings. The molecule has 0 aromatic heterocycles. The number of rotatable bonds is 4. The van der Waals surface area contributed by atoms with Crippen LogP contribution in [0.15, 0.2) is 36.2 Å². The van der Waals surface area contributed by atoms with E-state index in [2.05, 4.69) is 67.8 Å². The number of quaternary nitrogens is 1. The summed E-state index contributed by atoms with van der Waals surface area (Å²) in [6.07, 6.45) is 2.26.